The lowest BCUT2D eigenvalue weighted by Crippen LogP contribution is -2.39. The SMILES string of the molecule is N[C@H]1[C@H](c2ccc(Cl)cc2)[C@@H](c2ccccc2)C=C[C@H]1c1ccccc1. The Kier molecular flexibility index (Phi) is 4.92. The summed E-state index contributed by atoms with van der Waals surface area (Å²) in [7, 11) is 0. The number of allylic oxidation sites excluding steroid dienone is 1. The minimum absolute atomic E-state index is 0.00576. The van der Waals surface area contributed by atoms with Gasteiger partial charge in [-0.25, -0.2) is 0 Å². The van der Waals surface area contributed by atoms with Crippen LogP contribution in [-0.4, -0.2) is 6.04 Å². The van der Waals surface area contributed by atoms with E-state index in [-0.39, 0.29) is 23.8 Å². The first kappa shape index (κ1) is 17.1. The van der Waals surface area contributed by atoms with Crippen molar-refractivity contribution in [2.24, 2.45) is 5.73 Å². The second kappa shape index (κ2) is 7.49. The fourth-order valence-electron chi connectivity index (χ4n) is 4.07. The molecule has 1 aliphatic rings. The molecule has 0 aliphatic heterocycles. The van der Waals surface area contributed by atoms with Crippen LogP contribution in [0.25, 0.3) is 0 Å². The summed E-state index contributed by atoms with van der Waals surface area (Å²) in [5.74, 6) is 0.661. The first-order valence-corrected chi connectivity index (χ1v) is 9.41. The monoisotopic (exact) mass is 359 g/mol. The molecule has 4 rings (SSSR count). The topological polar surface area (TPSA) is 26.0 Å². The molecule has 2 heteroatoms. The highest BCUT2D eigenvalue weighted by Gasteiger charge is 2.36. The zero-order chi connectivity index (χ0) is 17.9. The van der Waals surface area contributed by atoms with Gasteiger partial charge in [0.15, 0.2) is 0 Å². The van der Waals surface area contributed by atoms with Crippen LogP contribution in [0.4, 0.5) is 0 Å². The van der Waals surface area contributed by atoms with Crippen molar-refractivity contribution in [2.45, 2.75) is 23.8 Å². The summed E-state index contributed by atoms with van der Waals surface area (Å²) in [5.41, 5.74) is 10.7. The zero-order valence-corrected chi connectivity index (χ0v) is 15.3. The average molecular weight is 360 g/mol. The first-order chi connectivity index (χ1) is 12.7. The maximum Gasteiger partial charge on any atom is 0.0406 e. The van der Waals surface area contributed by atoms with Gasteiger partial charge in [0.1, 0.15) is 0 Å². The largest absolute Gasteiger partial charge is 0.326 e. The highest BCUT2D eigenvalue weighted by Crippen LogP contribution is 2.44. The second-order valence-electron chi connectivity index (χ2n) is 6.91. The van der Waals surface area contributed by atoms with Crippen molar-refractivity contribution in [1.29, 1.82) is 0 Å². The smallest absolute Gasteiger partial charge is 0.0406 e. The Bertz CT molecular complexity index is 871. The van der Waals surface area contributed by atoms with E-state index in [0.717, 1.165) is 5.02 Å². The van der Waals surface area contributed by atoms with E-state index in [1.165, 1.54) is 16.7 Å². The average Bonchev–Trinajstić information content (AvgIpc) is 2.70. The van der Waals surface area contributed by atoms with Crippen LogP contribution < -0.4 is 5.73 Å². The van der Waals surface area contributed by atoms with Gasteiger partial charge in [-0.2, -0.15) is 0 Å². The molecule has 0 fully saturated rings. The minimum atomic E-state index is -0.00576. The molecule has 1 nitrogen and oxygen atoms in total. The van der Waals surface area contributed by atoms with Crippen molar-refractivity contribution in [2.75, 3.05) is 0 Å². The predicted octanol–water partition coefficient (Wildman–Crippen LogP) is 5.89. The van der Waals surface area contributed by atoms with Gasteiger partial charge in [-0.3, -0.25) is 0 Å². The fourth-order valence-corrected chi connectivity index (χ4v) is 4.19. The van der Waals surface area contributed by atoms with Gasteiger partial charge in [-0.05, 0) is 28.8 Å². The molecule has 0 unspecified atom stereocenters. The first-order valence-electron chi connectivity index (χ1n) is 9.03. The van der Waals surface area contributed by atoms with Crippen molar-refractivity contribution in [3.63, 3.8) is 0 Å². The van der Waals surface area contributed by atoms with Gasteiger partial charge in [-0.1, -0.05) is 96.5 Å². The van der Waals surface area contributed by atoms with Gasteiger partial charge in [-0.15, -0.1) is 0 Å². The number of rotatable bonds is 3. The molecule has 3 aromatic carbocycles. The normalized spacial score (nSPS) is 25.2. The molecule has 1 aliphatic carbocycles. The van der Waals surface area contributed by atoms with Crippen molar-refractivity contribution in [1.82, 2.24) is 0 Å². The number of benzene rings is 3. The Labute approximate surface area is 160 Å². The maximum atomic E-state index is 6.87. The molecule has 0 amide bonds. The molecule has 0 radical (unpaired) electrons. The fraction of sp³-hybridized carbons (Fsp3) is 0.167. The van der Waals surface area contributed by atoms with Gasteiger partial charge in [0.05, 0.1) is 0 Å². The van der Waals surface area contributed by atoms with Crippen LogP contribution in [0.1, 0.15) is 34.4 Å². The molecule has 0 aromatic heterocycles. The molecule has 0 bridgehead atoms. The van der Waals surface area contributed by atoms with Gasteiger partial charge >= 0.3 is 0 Å². The summed E-state index contributed by atoms with van der Waals surface area (Å²) in [4.78, 5) is 0. The van der Waals surface area contributed by atoms with Crippen LogP contribution in [0.2, 0.25) is 5.02 Å². The van der Waals surface area contributed by atoms with Crippen molar-refractivity contribution in [3.8, 4) is 0 Å². The number of nitrogens with two attached hydrogens (primary N) is 1. The van der Waals surface area contributed by atoms with E-state index >= 15 is 0 Å². The Morgan fingerprint density at radius 3 is 1.65 bits per heavy atom. The molecular formula is C24H22ClN. The summed E-state index contributed by atoms with van der Waals surface area (Å²) in [6.45, 7) is 0. The Balaban J connectivity index is 1.79. The Morgan fingerprint density at radius 2 is 1.08 bits per heavy atom. The molecule has 3 aromatic rings. The van der Waals surface area contributed by atoms with E-state index < -0.39 is 0 Å². The summed E-state index contributed by atoms with van der Waals surface area (Å²) in [6.07, 6.45) is 4.61. The molecule has 0 saturated heterocycles. The second-order valence-corrected chi connectivity index (χ2v) is 7.35. The van der Waals surface area contributed by atoms with E-state index in [1.807, 2.05) is 18.2 Å². The lowest BCUT2D eigenvalue weighted by molar-refractivity contribution is 0.439. The molecule has 0 spiro atoms. The molecule has 0 heterocycles. The third kappa shape index (κ3) is 3.33. The van der Waals surface area contributed by atoms with E-state index in [2.05, 4.69) is 78.9 Å². The lowest BCUT2D eigenvalue weighted by Gasteiger charge is -2.38. The highest BCUT2D eigenvalue weighted by molar-refractivity contribution is 6.30. The van der Waals surface area contributed by atoms with Crippen molar-refractivity contribution in [3.05, 3.63) is 119 Å². The Hall–Kier alpha value is -2.35. The minimum Gasteiger partial charge on any atom is -0.326 e. The van der Waals surface area contributed by atoms with E-state index in [4.69, 9.17) is 17.3 Å². The van der Waals surface area contributed by atoms with Crippen LogP contribution in [-0.2, 0) is 0 Å². The highest BCUT2D eigenvalue weighted by atomic mass is 35.5. The zero-order valence-electron chi connectivity index (χ0n) is 14.5. The third-order valence-corrected chi connectivity index (χ3v) is 5.62. The summed E-state index contributed by atoms with van der Waals surface area (Å²) < 4.78 is 0. The van der Waals surface area contributed by atoms with E-state index in [1.54, 1.807) is 0 Å². The lowest BCUT2D eigenvalue weighted by atomic mass is 9.68. The van der Waals surface area contributed by atoms with Gasteiger partial charge < -0.3 is 5.73 Å². The summed E-state index contributed by atoms with van der Waals surface area (Å²) in [5, 5.41) is 0.754. The van der Waals surface area contributed by atoms with E-state index in [9.17, 15) is 0 Å². The molecule has 26 heavy (non-hydrogen) atoms. The van der Waals surface area contributed by atoms with Crippen LogP contribution in [0.3, 0.4) is 0 Å². The number of hydrogen-bond acceptors (Lipinski definition) is 1. The molecular weight excluding hydrogens is 338 g/mol. The molecule has 4 atom stereocenters. The quantitative estimate of drug-likeness (QED) is 0.580. The summed E-state index contributed by atoms with van der Waals surface area (Å²) in [6, 6.07) is 29.3. The van der Waals surface area contributed by atoms with Crippen LogP contribution >= 0.6 is 11.6 Å². The van der Waals surface area contributed by atoms with Crippen LogP contribution in [0, 0.1) is 0 Å². The van der Waals surface area contributed by atoms with Crippen molar-refractivity contribution < 1.29 is 0 Å². The number of halogens is 1. The molecule has 0 saturated carbocycles. The van der Waals surface area contributed by atoms with E-state index in [0.29, 0.717) is 0 Å². The summed E-state index contributed by atoms with van der Waals surface area (Å²) >= 11 is 6.12. The van der Waals surface area contributed by atoms with Crippen LogP contribution in [0.5, 0.6) is 0 Å². The van der Waals surface area contributed by atoms with Gasteiger partial charge in [0.2, 0.25) is 0 Å². The molecule has 2 N–H and O–H groups in total. The van der Waals surface area contributed by atoms with Gasteiger partial charge in [0, 0.05) is 28.8 Å². The maximum absolute atomic E-state index is 6.87. The number of hydrogen-bond donors (Lipinski definition) is 1. The van der Waals surface area contributed by atoms with Crippen molar-refractivity contribution >= 4 is 11.6 Å². The van der Waals surface area contributed by atoms with Gasteiger partial charge in [0.25, 0.3) is 0 Å². The predicted molar refractivity (Wildman–Crippen MR) is 110 cm³/mol. The van der Waals surface area contributed by atoms with Crippen LogP contribution in [0.15, 0.2) is 97.1 Å². The Morgan fingerprint density at radius 1 is 0.577 bits per heavy atom. The standard InChI is InChI=1S/C24H22ClN/c25-20-13-11-19(12-14-20)23-21(17-7-3-1-4-8-17)15-16-22(24(23)26)18-9-5-2-6-10-18/h1-16,21-24H,26H2/t21-,22+,23-,24-/m1/s1. The molecule has 130 valence electrons. The third-order valence-electron chi connectivity index (χ3n) is 5.37.